The van der Waals surface area contributed by atoms with E-state index < -0.39 is 9.06 Å². The maximum absolute atomic E-state index is 6.30. The van der Waals surface area contributed by atoms with Crippen molar-refractivity contribution < 1.29 is 0 Å². The Morgan fingerprint density at radius 3 is 2.33 bits per heavy atom. The molecule has 2 heterocycles. The van der Waals surface area contributed by atoms with Gasteiger partial charge in [0.2, 0.25) is 0 Å². The molecule has 5 fully saturated rings. The van der Waals surface area contributed by atoms with Crippen LogP contribution in [0.3, 0.4) is 0 Å². The van der Waals surface area contributed by atoms with E-state index in [-0.39, 0.29) is 10.8 Å². The van der Waals surface area contributed by atoms with Crippen molar-refractivity contribution in [1.29, 1.82) is 0 Å². The van der Waals surface area contributed by atoms with Crippen molar-refractivity contribution in [2.75, 3.05) is 11.6 Å². The smallest absolute Gasteiger partial charge is 0.0819 e. The first-order valence-electron chi connectivity index (χ1n) is 11.6. The molecule has 1 aromatic rings. The molecule has 2 unspecified atom stereocenters. The lowest BCUT2D eigenvalue weighted by molar-refractivity contribution is 0.0981. The van der Waals surface area contributed by atoms with E-state index in [1.54, 1.807) is 0 Å². The van der Waals surface area contributed by atoms with E-state index in [9.17, 15) is 0 Å². The number of hydrogen-bond acceptors (Lipinski definition) is 3. The Morgan fingerprint density at radius 1 is 1.10 bits per heavy atom. The van der Waals surface area contributed by atoms with Crippen molar-refractivity contribution in [2.24, 2.45) is 11.1 Å². The number of alkyl halides is 1. The maximum Gasteiger partial charge on any atom is 0.0819 e. The molecule has 2 nitrogen and oxygen atoms in total. The van der Waals surface area contributed by atoms with E-state index in [4.69, 9.17) is 41.2 Å². The lowest BCUT2D eigenvalue weighted by Gasteiger charge is -2.70. The predicted octanol–water partition coefficient (Wildman–Crippen LogP) is 5.71. The first-order valence-corrected chi connectivity index (χ1v) is 15.5. The van der Waals surface area contributed by atoms with Crippen molar-refractivity contribution in [3.63, 3.8) is 0 Å². The summed E-state index contributed by atoms with van der Waals surface area (Å²) in [7, 11) is -0.975. The molecule has 1 aromatic carbocycles. The zero-order chi connectivity index (χ0) is 21.0. The van der Waals surface area contributed by atoms with E-state index in [0.29, 0.717) is 22.6 Å². The molecule has 2 saturated heterocycles. The van der Waals surface area contributed by atoms with Crippen LogP contribution in [0.4, 0.5) is 0 Å². The van der Waals surface area contributed by atoms with Crippen LogP contribution < -0.4 is 11.1 Å². The second-order valence-electron chi connectivity index (χ2n) is 10.5. The molecular weight excluding hydrogens is 448 g/mol. The minimum atomic E-state index is -0.975. The van der Waals surface area contributed by atoms with Gasteiger partial charge in [-0.1, -0.05) is 42.5 Å². The standard InChI is InChI=1S/C24H35ClN2S3/c25-10-11-30(29)20-12-23(17-4-2-1-3-5-17)13-21(30)15-24(14-20,16-23)22(28)27-19-8-6-18(26)7-9-19/h1-5,18-21,29H,6-16,26H2,(H,27,28)/t18-,19-,20?,21?,23?,24?. The highest BCUT2D eigenvalue weighted by molar-refractivity contribution is 8.88. The van der Waals surface area contributed by atoms with Crippen molar-refractivity contribution in [3.8, 4) is 0 Å². The summed E-state index contributed by atoms with van der Waals surface area (Å²) in [5.41, 5.74) is 8.07. The third-order valence-electron chi connectivity index (χ3n) is 8.68. The van der Waals surface area contributed by atoms with Gasteiger partial charge in [-0.25, -0.2) is 0 Å². The number of nitrogens with two attached hydrogens (primary N) is 1. The molecule has 166 valence electrons. The second-order valence-corrected chi connectivity index (χ2v) is 16.6. The molecular formula is C24H35ClN2S3. The fraction of sp³-hybridized carbons (Fsp3) is 0.708. The van der Waals surface area contributed by atoms with Crippen LogP contribution in [0.25, 0.3) is 0 Å². The normalized spacial score (nSPS) is 46.9. The zero-order valence-corrected chi connectivity index (χ0v) is 21.0. The van der Waals surface area contributed by atoms with Gasteiger partial charge in [0.1, 0.15) is 0 Å². The van der Waals surface area contributed by atoms with E-state index in [1.807, 2.05) is 0 Å². The molecule has 0 aromatic heterocycles. The first-order chi connectivity index (χ1) is 14.4. The quantitative estimate of drug-likeness (QED) is 0.217. The molecule has 4 bridgehead atoms. The molecule has 30 heavy (non-hydrogen) atoms. The molecule has 3 N–H and O–H groups in total. The fourth-order valence-electron chi connectivity index (χ4n) is 7.29. The Hall–Kier alpha value is 0.0600. The van der Waals surface area contributed by atoms with Crippen molar-refractivity contribution >= 4 is 49.5 Å². The number of rotatable bonds is 5. The first kappa shape index (κ1) is 21.9. The summed E-state index contributed by atoms with van der Waals surface area (Å²) in [6, 6.07) is 12.2. The molecule has 0 radical (unpaired) electrons. The average molecular weight is 483 g/mol. The zero-order valence-electron chi connectivity index (χ0n) is 17.7. The molecule has 6 rings (SSSR count). The van der Waals surface area contributed by atoms with Gasteiger partial charge in [0.15, 0.2) is 0 Å². The monoisotopic (exact) mass is 482 g/mol. The SMILES string of the molecule is N[C@H]1CC[C@H](NC(=S)C23CC4CC(c5ccccc5)(CC(C2)S4(S)CCCl)C3)CC1. The van der Waals surface area contributed by atoms with Crippen molar-refractivity contribution in [1.82, 2.24) is 5.32 Å². The van der Waals surface area contributed by atoms with E-state index in [1.165, 1.54) is 37.7 Å². The van der Waals surface area contributed by atoms with Crippen LogP contribution in [0, 0.1) is 5.41 Å². The highest BCUT2D eigenvalue weighted by Gasteiger charge is 2.65. The number of hydrogen-bond donors (Lipinski definition) is 3. The number of halogens is 1. The summed E-state index contributed by atoms with van der Waals surface area (Å²) >= 11 is 17.9. The minimum Gasteiger partial charge on any atom is -0.376 e. The van der Waals surface area contributed by atoms with Crippen LogP contribution in [0.15, 0.2) is 30.3 Å². The van der Waals surface area contributed by atoms with Gasteiger partial charge in [-0.2, -0.15) is 9.06 Å². The summed E-state index contributed by atoms with van der Waals surface area (Å²) < 4.78 is 0. The van der Waals surface area contributed by atoms with Crippen molar-refractivity contribution in [3.05, 3.63) is 35.9 Å². The van der Waals surface area contributed by atoms with Gasteiger partial charge in [0.25, 0.3) is 0 Å². The minimum absolute atomic E-state index is 0.141. The van der Waals surface area contributed by atoms with Gasteiger partial charge in [-0.3, -0.25) is 0 Å². The summed E-state index contributed by atoms with van der Waals surface area (Å²) in [5, 5.41) is 5.19. The molecule has 3 saturated carbocycles. The van der Waals surface area contributed by atoms with Gasteiger partial charge in [-0.05, 0) is 85.0 Å². The predicted molar refractivity (Wildman–Crippen MR) is 139 cm³/mol. The summed E-state index contributed by atoms with van der Waals surface area (Å²) in [5.74, 6) is 1.83. The lowest BCUT2D eigenvalue weighted by Crippen LogP contribution is -2.64. The third kappa shape index (κ3) is 3.55. The number of benzene rings is 1. The highest BCUT2D eigenvalue weighted by Crippen LogP contribution is 2.79. The second kappa shape index (κ2) is 8.13. The van der Waals surface area contributed by atoms with Crippen LogP contribution >= 0.6 is 44.5 Å². The van der Waals surface area contributed by atoms with Gasteiger partial charge in [0.05, 0.1) is 4.99 Å². The maximum atomic E-state index is 6.30. The lowest BCUT2D eigenvalue weighted by atomic mass is 9.52. The summed E-state index contributed by atoms with van der Waals surface area (Å²) in [4.78, 5) is 1.15. The molecule has 2 aliphatic heterocycles. The van der Waals surface area contributed by atoms with Gasteiger partial charge < -0.3 is 11.1 Å². The summed E-state index contributed by atoms with van der Waals surface area (Å²) in [6.45, 7) is 0. The Bertz CT molecular complexity index is 777. The number of nitrogens with one attached hydrogen (secondary N) is 1. The van der Waals surface area contributed by atoms with E-state index in [0.717, 1.165) is 42.3 Å². The fourth-order valence-corrected chi connectivity index (χ4v) is 13.8. The van der Waals surface area contributed by atoms with Gasteiger partial charge >= 0.3 is 0 Å². The van der Waals surface area contributed by atoms with Gasteiger partial charge in [-0.15, -0.1) is 23.3 Å². The highest BCUT2D eigenvalue weighted by atomic mass is 35.5. The van der Waals surface area contributed by atoms with Crippen LogP contribution in [0.2, 0.25) is 0 Å². The molecule has 0 amide bonds. The molecule has 5 aliphatic rings. The van der Waals surface area contributed by atoms with E-state index >= 15 is 0 Å². The third-order valence-corrected chi connectivity index (χ3v) is 15.8. The van der Waals surface area contributed by atoms with Crippen molar-refractivity contribution in [2.45, 2.75) is 85.8 Å². The van der Waals surface area contributed by atoms with Crippen LogP contribution in [-0.2, 0) is 5.41 Å². The molecule has 0 spiro atoms. The van der Waals surface area contributed by atoms with Crippen LogP contribution in [0.1, 0.15) is 63.4 Å². The molecule has 6 heteroatoms. The topological polar surface area (TPSA) is 38.0 Å². The molecule has 2 atom stereocenters. The number of thiocarbonyl (C=S) groups is 1. The number of thiol groups is 1. The molecule has 3 aliphatic carbocycles. The Labute approximate surface area is 198 Å². The average Bonchev–Trinajstić information content (AvgIpc) is 2.74. The van der Waals surface area contributed by atoms with Crippen LogP contribution in [0.5, 0.6) is 0 Å². The Kier molecular flexibility index (Phi) is 5.93. The summed E-state index contributed by atoms with van der Waals surface area (Å²) in [6.07, 6.45) is 10.7. The largest absolute Gasteiger partial charge is 0.376 e. The van der Waals surface area contributed by atoms with Gasteiger partial charge in [0, 0.05) is 23.4 Å². The Morgan fingerprint density at radius 2 is 1.73 bits per heavy atom. The van der Waals surface area contributed by atoms with Crippen LogP contribution in [-0.4, -0.2) is 39.2 Å². The Balaban J connectivity index is 1.45. The van der Waals surface area contributed by atoms with E-state index in [2.05, 4.69) is 35.6 Å².